The Morgan fingerprint density at radius 2 is 2.00 bits per heavy atom. The summed E-state index contributed by atoms with van der Waals surface area (Å²) < 4.78 is 0. The molecule has 1 aromatic rings. The Morgan fingerprint density at radius 1 is 1.33 bits per heavy atom. The summed E-state index contributed by atoms with van der Waals surface area (Å²) in [6, 6.07) is 8.42. The minimum absolute atomic E-state index is 0.635. The third-order valence-corrected chi connectivity index (χ3v) is 3.27. The van der Waals surface area contributed by atoms with E-state index < -0.39 is 0 Å². The van der Waals surface area contributed by atoms with Crippen LogP contribution in [-0.4, -0.2) is 9.52 Å². The molecule has 0 fully saturated rings. The fraction of sp³-hybridized carbons (Fsp3) is 0.400. The first-order chi connectivity index (χ1) is 5.74. The minimum atomic E-state index is 0.635. The molecule has 0 saturated carbocycles. The summed E-state index contributed by atoms with van der Waals surface area (Å²) in [5.74, 6) is 0.635. The third kappa shape index (κ3) is 2.65. The zero-order valence-electron chi connectivity index (χ0n) is 7.47. The van der Waals surface area contributed by atoms with Gasteiger partial charge in [0.15, 0.2) is 0 Å². The lowest BCUT2D eigenvalue weighted by molar-refractivity contribution is 1.07. The Kier molecular flexibility index (Phi) is 3.83. The highest BCUT2D eigenvalue weighted by molar-refractivity contribution is 6.55. The first-order valence-electron chi connectivity index (χ1n) is 4.14. The smallest absolute Gasteiger partial charge is 0.0841 e. The maximum absolute atomic E-state index is 5.82. The van der Waals surface area contributed by atoms with Crippen LogP contribution in [0, 0.1) is 0 Å². The van der Waals surface area contributed by atoms with Gasteiger partial charge in [0.25, 0.3) is 0 Å². The summed E-state index contributed by atoms with van der Waals surface area (Å²) in [5.41, 5.74) is 2.01. The van der Waals surface area contributed by atoms with Crippen LogP contribution in [0.5, 0.6) is 0 Å². The van der Waals surface area contributed by atoms with Crippen molar-refractivity contribution in [2.45, 2.75) is 25.3 Å². The molecule has 1 rings (SSSR count). The highest BCUT2D eigenvalue weighted by Crippen LogP contribution is 2.04. The molecule has 0 bridgehead atoms. The minimum Gasteiger partial charge on any atom is -0.122 e. The molecule has 0 heterocycles. The highest BCUT2D eigenvalue weighted by atomic mass is 35.5. The molecule has 0 aliphatic carbocycles. The van der Waals surface area contributed by atoms with Gasteiger partial charge in [0, 0.05) is 5.88 Å². The predicted octanol–water partition coefficient (Wildman–Crippen LogP) is 2.58. The van der Waals surface area contributed by atoms with E-state index in [2.05, 4.69) is 32.0 Å². The fourth-order valence-electron chi connectivity index (χ4n) is 1.09. The summed E-state index contributed by atoms with van der Waals surface area (Å²) in [7, 11) is 0.882. The van der Waals surface area contributed by atoms with Crippen LogP contribution in [-0.2, 0) is 5.88 Å². The first kappa shape index (κ1) is 9.81. The molecule has 0 atom stereocenters. The number of rotatable bonds is 3. The van der Waals surface area contributed by atoms with E-state index in [1.807, 2.05) is 6.07 Å². The Balaban J connectivity index is 2.82. The SMILES string of the molecule is CC(C)[Si]c1ccccc1CCl. The van der Waals surface area contributed by atoms with Gasteiger partial charge >= 0.3 is 0 Å². The maximum atomic E-state index is 5.82. The van der Waals surface area contributed by atoms with E-state index in [0.29, 0.717) is 5.88 Å². The quantitative estimate of drug-likeness (QED) is 0.515. The van der Waals surface area contributed by atoms with Gasteiger partial charge in [0.1, 0.15) is 0 Å². The van der Waals surface area contributed by atoms with Gasteiger partial charge in [-0.25, -0.2) is 0 Å². The summed E-state index contributed by atoms with van der Waals surface area (Å²) in [6.45, 7) is 4.48. The van der Waals surface area contributed by atoms with Gasteiger partial charge in [-0.2, -0.15) is 0 Å². The van der Waals surface area contributed by atoms with Crippen molar-refractivity contribution in [2.75, 3.05) is 0 Å². The number of hydrogen-bond donors (Lipinski definition) is 0. The largest absolute Gasteiger partial charge is 0.122 e. The van der Waals surface area contributed by atoms with Crippen LogP contribution in [0.3, 0.4) is 0 Å². The van der Waals surface area contributed by atoms with Gasteiger partial charge in [-0.1, -0.05) is 48.8 Å². The van der Waals surface area contributed by atoms with Gasteiger partial charge in [-0.15, -0.1) is 11.6 Å². The van der Waals surface area contributed by atoms with Gasteiger partial charge in [0.05, 0.1) is 9.52 Å². The van der Waals surface area contributed by atoms with Crippen LogP contribution in [0.25, 0.3) is 0 Å². The molecule has 0 aliphatic heterocycles. The lowest BCUT2D eigenvalue weighted by Crippen LogP contribution is -2.20. The van der Waals surface area contributed by atoms with E-state index in [0.717, 1.165) is 15.1 Å². The number of halogens is 1. The van der Waals surface area contributed by atoms with Crippen molar-refractivity contribution < 1.29 is 0 Å². The van der Waals surface area contributed by atoms with Crippen LogP contribution in [0.2, 0.25) is 5.54 Å². The molecule has 1 aromatic carbocycles. The molecule has 0 aliphatic rings. The molecule has 2 radical (unpaired) electrons. The molecule has 0 spiro atoms. The number of alkyl halides is 1. The molecular weight excluding hydrogens is 184 g/mol. The van der Waals surface area contributed by atoms with Crippen LogP contribution in [0.1, 0.15) is 19.4 Å². The van der Waals surface area contributed by atoms with Crippen LogP contribution >= 0.6 is 11.6 Å². The molecular formula is C10H13ClSi. The lowest BCUT2D eigenvalue weighted by Gasteiger charge is -2.07. The average molecular weight is 197 g/mol. The molecule has 0 saturated heterocycles. The molecule has 0 N–H and O–H groups in total. The Labute approximate surface area is 81.8 Å². The summed E-state index contributed by atoms with van der Waals surface area (Å²) >= 11 is 5.82. The second-order valence-corrected chi connectivity index (χ2v) is 5.34. The van der Waals surface area contributed by atoms with E-state index in [4.69, 9.17) is 11.6 Å². The summed E-state index contributed by atoms with van der Waals surface area (Å²) in [5, 5.41) is 1.42. The fourth-order valence-corrected chi connectivity index (χ4v) is 2.61. The summed E-state index contributed by atoms with van der Waals surface area (Å²) in [4.78, 5) is 0. The first-order valence-corrected chi connectivity index (χ1v) is 5.75. The van der Waals surface area contributed by atoms with Crippen molar-refractivity contribution in [1.29, 1.82) is 0 Å². The van der Waals surface area contributed by atoms with Crippen LogP contribution in [0.4, 0.5) is 0 Å². The monoisotopic (exact) mass is 196 g/mol. The van der Waals surface area contributed by atoms with E-state index >= 15 is 0 Å². The number of benzene rings is 1. The molecule has 0 unspecified atom stereocenters. The van der Waals surface area contributed by atoms with Crippen molar-refractivity contribution in [3.05, 3.63) is 29.8 Å². The van der Waals surface area contributed by atoms with Crippen LogP contribution < -0.4 is 5.19 Å². The Bertz CT molecular complexity index is 245. The van der Waals surface area contributed by atoms with Crippen molar-refractivity contribution in [3.63, 3.8) is 0 Å². The van der Waals surface area contributed by atoms with Crippen molar-refractivity contribution in [2.24, 2.45) is 0 Å². The summed E-state index contributed by atoms with van der Waals surface area (Å²) in [6.07, 6.45) is 0. The highest BCUT2D eigenvalue weighted by Gasteiger charge is 2.03. The van der Waals surface area contributed by atoms with Crippen molar-refractivity contribution in [1.82, 2.24) is 0 Å². The van der Waals surface area contributed by atoms with Gasteiger partial charge in [-0.3, -0.25) is 0 Å². The molecule has 12 heavy (non-hydrogen) atoms. The zero-order chi connectivity index (χ0) is 8.97. The van der Waals surface area contributed by atoms with E-state index in [1.165, 1.54) is 10.8 Å². The topological polar surface area (TPSA) is 0 Å². The molecule has 2 heteroatoms. The second-order valence-electron chi connectivity index (χ2n) is 3.09. The standard InChI is InChI=1S/C10H13ClSi/c1-8(2)12-10-6-4-3-5-9(10)7-11/h3-6,8H,7H2,1-2H3. The lowest BCUT2D eigenvalue weighted by atomic mass is 10.2. The molecule has 0 nitrogen and oxygen atoms in total. The normalized spacial score (nSPS) is 10.7. The average Bonchev–Trinajstić information content (AvgIpc) is 2.04. The third-order valence-electron chi connectivity index (χ3n) is 1.61. The van der Waals surface area contributed by atoms with Crippen molar-refractivity contribution >= 4 is 26.3 Å². The van der Waals surface area contributed by atoms with Gasteiger partial charge < -0.3 is 0 Å². The van der Waals surface area contributed by atoms with Crippen LogP contribution in [0.15, 0.2) is 24.3 Å². The van der Waals surface area contributed by atoms with E-state index in [-0.39, 0.29) is 0 Å². The molecule has 0 aromatic heterocycles. The molecule has 64 valence electrons. The van der Waals surface area contributed by atoms with E-state index in [1.54, 1.807) is 0 Å². The maximum Gasteiger partial charge on any atom is 0.0841 e. The predicted molar refractivity (Wildman–Crippen MR) is 56.5 cm³/mol. The van der Waals surface area contributed by atoms with E-state index in [9.17, 15) is 0 Å². The Morgan fingerprint density at radius 3 is 2.58 bits per heavy atom. The van der Waals surface area contributed by atoms with Gasteiger partial charge in [-0.05, 0) is 5.56 Å². The number of hydrogen-bond acceptors (Lipinski definition) is 0. The van der Waals surface area contributed by atoms with Crippen molar-refractivity contribution in [3.8, 4) is 0 Å². The van der Waals surface area contributed by atoms with Gasteiger partial charge in [0.2, 0.25) is 0 Å². The Hall–Kier alpha value is -0.273. The second kappa shape index (κ2) is 4.68. The molecule has 0 amide bonds. The zero-order valence-corrected chi connectivity index (χ0v) is 9.23.